The molecule has 0 aliphatic rings. The van der Waals surface area contributed by atoms with Crippen LogP contribution < -0.4 is 5.32 Å². The fraction of sp³-hybridized carbons (Fsp3) is 0.0909. The van der Waals surface area contributed by atoms with Gasteiger partial charge in [-0.25, -0.2) is 4.52 Å². The normalized spacial score (nSPS) is 10.6. The number of pyridine rings is 1. The van der Waals surface area contributed by atoms with Gasteiger partial charge < -0.3 is 5.32 Å². The Morgan fingerprint density at radius 2 is 1.82 bits per heavy atom. The molecule has 6 nitrogen and oxygen atoms in total. The quantitative estimate of drug-likeness (QED) is 0.573. The zero-order valence-electron chi connectivity index (χ0n) is 15.3. The van der Waals surface area contributed by atoms with Crippen molar-refractivity contribution in [2.75, 3.05) is 5.32 Å². The van der Waals surface area contributed by atoms with Gasteiger partial charge >= 0.3 is 0 Å². The second-order valence-corrected chi connectivity index (χ2v) is 6.51. The summed E-state index contributed by atoms with van der Waals surface area (Å²) >= 11 is 0. The third-order valence-corrected chi connectivity index (χ3v) is 4.37. The van der Waals surface area contributed by atoms with E-state index >= 15 is 0 Å². The molecule has 0 unspecified atom stereocenters. The summed E-state index contributed by atoms with van der Waals surface area (Å²) in [5.74, 6) is 0.575. The smallest absolute Gasteiger partial charge is 0.247 e. The van der Waals surface area contributed by atoms with Crippen molar-refractivity contribution in [2.24, 2.45) is 0 Å². The van der Waals surface area contributed by atoms with E-state index in [4.69, 9.17) is 0 Å². The molecule has 1 N–H and O–H groups in total. The maximum absolute atomic E-state index is 11.2. The number of aromatic nitrogens is 3. The molecule has 0 aliphatic carbocycles. The molecule has 136 valence electrons. The number of hydrogen-bond donors (Lipinski definition) is 1. The monoisotopic (exact) mass is 367 g/mol. The number of nitrogens with zero attached hydrogens (tertiary/aromatic N) is 4. The van der Waals surface area contributed by atoms with Crippen LogP contribution >= 0.6 is 0 Å². The van der Waals surface area contributed by atoms with Crippen molar-refractivity contribution in [1.29, 1.82) is 5.26 Å². The molecular weight excluding hydrogens is 350 g/mol. The van der Waals surface area contributed by atoms with Crippen LogP contribution in [0, 0.1) is 11.3 Å². The van der Waals surface area contributed by atoms with E-state index in [0.29, 0.717) is 29.3 Å². The minimum absolute atomic E-state index is 0.148. The van der Waals surface area contributed by atoms with E-state index in [0.717, 1.165) is 16.7 Å². The number of carbonyl (C=O) groups excluding carboxylic acids is 1. The van der Waals surface area contributed by atoms with Gasteiger partial charge in [0, 0.05) is 18.2 Å². The van der Waals surface area contributed by atoms with Gasteiger partial charge in [-0.3, -0.25) is 4.79 Å². The van der Waals surface area contributed by atoms with E-state index < -0.39 is 0 Å². The van der Waals surface area contributed by atoms with Crippen LogP contribution in [-0.4, -0.2) is 20.4 Å². The minimum atomic E-state index is 0.148. The first-order chi connectivity index (χ1) is 13.6. The Morgan fingerprint density at radius 3 is 2.57 bits per heavy atom. The third-order valence-electron chi connectivity index (χ3n) is 4.37. The van der Waals surface area contributed by atoms with Gasteiger partial charge in [0.25, 0.3) is 0 Å². The SMILES string of the molecule is CC(=O)Cc1ccc(-c2ccc3nc(Nc4ccccc4C#N)nn3c2)cc1. The maximum Gasteiger partial charge on any atom is 0.247 e. The Labute approximate surface area is 162 Å². The number of Topliss-reactive ketones (excluding diaryl/α,β-unsaturated/α-hetero) is 1. The molecule has 6 heteroatoms. The number of fused-ring (bicyclic) bond motifs is 1. The van der Waals surface area contributed by atoms with Crippen LogP contribution in [0.3, 0.4) is 0 Å². The van der Waals surface area contributed by atoms with Crippen LogP contribution in [-0.2, 0) is 11.2 Å². The van der Waals surface area contributed by atoms with Gasteiger partial charge in [0.05, 0.1) is 11.3 Å². The zero-order chi connectivity index (χ0) is 19.5. The summed E-state index contributed by atoms with van der Waals surface area (Å²) in [5, 5.41) is 16.8. The molecule has 4 rings (SSSR count). The predicted octanol–water partition coefficient (Wildman–Crippen LogP) is 4.14. The number of nitrogens with one attached hydrogen (secondary N) is 1. The molecule has 2 aromatic carbocycles. The van der Waals surface area contributed by atoms with E-state index in [9.17, 15) is 10.1 Å². The van der Waals surface area contributed by atoms with E-state index in [-0.39, 0.29) is 5.78 Å². The van der Waals surface area contributed by atoms with Crippen LogP contribution in [0.15, 0.2) is 66.9 Å². The molecule has 0 bridgehead atoms. The summed E-state index contributed by atoms with van der Waals surface area (Å²) < 4.78 is 1.70. The molecule has 2 aromatic heterocycles. The Balaban J connectivity index is 1.61. The van der Waals surface area contributed by atoms with E-state index in [1.807, 2.05) is 60.8 Å². The molecule has 2 heterocycles. The molecule has 0 saturated carbocycles. The number of hydrogen-bond acceptors (Lipinski definition) is 5. The van der Waals surface area contributed by atoms with Crippen LogP contribution in [0.4, 0.5) is 11.6 Å². The molecule has 0 fully saturated rings. The number of para-hydroxylation sites is 1. The Bertz CT molecular complexity index is 1200. The van der Waals surface area contributed by atoms with Crippen molar-refractivity contribution in [3.8, 4) is 17.2 Å². The lowest BCUT2D eigenvalue weighted by atomic mass is 10.0. The van der Waals surface area contributed by atoms with Crippen molar-refractivity contribution < 1.29 is 4.79 Å². The van der Waals surface area contributed by atoms with Crippen LogP contribution in [0.1, 0.15) is 18.1 Å². The standard InChI is InChI=1S/C22H17N5O/c1-15(28)12-16-6-8-17(9-7-16)19-10-11-21-25-22(26-27(21)14-19)24-20-5-3-2-4-18(20)13-23/h2-11,14H,12H2,1H3,(H,24,26). The predicted molar refractivity (Wildman–Crippen MR) is 107 cm³/mol. The largest absolute Gasteiger partial charge is 0.322 e. The molecule has 0 spiro atoms. The highest BCUT2D eigenvalue weighted by molar-refractivity contribution is 5.78. The highest BCUT2D eigenvalue weighted by Gasteiger charge is 2.08. The number of ketones is 1. The summed E-state index contributed by atoms with van der Waals surface area (Å²) in [6.45, 7) is 1.59. The van der Waals surface area contributed by atoms with Crippen LogP contribution in [0.2, 0.25) is 0 Å². The first-order valence-corrected chi connectivity index (χ1v) is 8.84. The average molecular weight is 367 g/mol. The topological polar surface area (TPSA) is 83.1 Å². The first kappa shape index (κ1) is 17.4. The fourth-order valence-corrected chi connectivity index (χ4v) is 3.02. The maximum atomic E-state index is 11.2. The van der Waals surface area contributed by atoms with Crippen molar-refractivity contribution in [3.63, 3.8) is 0 Å². The van der Waals surface area contributed by atoms with Gasteiger partial charge in [-0.15, -0.1) is 5.10 Å². The highest BCUT2D eigenvalue weighted by atomic mass is 16.1. The molecule has 0 radical (unpaired) electrons. The number of rotatable bonds is 5. The molecule has 28 heavy (non-hydrogen) atoms. The summed E-state index contributed by atoms with van der Waals surface area (Å²) in [4.78, 5) is 15.7. The molecular formula is C22H17N5O. The summed E-state index contributed by atoms with van der Waals surface area (Å²) in [6.07, 6.45) is 2.35. The van der Waals surface area contributed by atoms with Crippen molar-refractivity contribution >= 4 is 23.1 Å². The Morgan fingerprint density at radius 1 is 1.07 bits per heavy atom. The van der Waals surface area contributed by atoms with Gasteiger partial charge in [-0.2, -0.15) is 10.2 Å². The third kappa shape index (κ3) is 3.60. The zero-order valence-corrected chi connectivity index (χ0v) is 15.3. The summed E-state index contributed by atoms with van der Waals surface area (Å²) in [6, 6.07) is 21.2. The lowest BCUT2D eigenvalue weighted by Gasteiger charge is -2.04. The molecule has 4 aromatic rings. The van der Waals surface area contributed by atoms with Gasteiger partial charge in [-0.05, 0) is 42.3 Å². The van der Waals surface area contributed by atoms with E-state index in [1.54, 1.807) is 17.5 Å². The Hall–Kier alpha value is -3.98. The van der Waals surface area contributed by atoms with Gasteiger partial charge in [-0.1, -0.05) is 36.4 Å². The number of benzene rings is 2. The van der Waals surface area contributed by atoms with Crippen molar-refractivity contribution in [2.45, 2.75) is 13.3 Å². The second kappa shape index (κ2) is 7.33. The number of anilines is 2. The van der Waals surface area contributed by atoms with Gasteiger partial charge in [0.2, 0.25) is 5.95 Å². The molecule has 0 amide bonds. The minimum Gasteiger partial charge on any atom is -0.322 e. The first-order valence-electron chi connectivity index (χ1n) is 8.84. The van der Waals surface area contributed by atoms with Crippen LogP contribution in [0.5, 0.6) is 0 Å². The van der Waals surface area contributed by atoms with Crippen molar-refractivity contribution in [3.05, 3.63) is 78.0 Å². The Kier molecular flexibility index (Phi) is 4.56. The molecule has 0 saturated heterocycles. The molecule has 0 aliphatic heterocycles. The van der Waals surface area contributed by atoms with Gasteiger partial charge in [0.1, 0.15) is 11.9 Å². The number of carbonyl (C=O) groups is 1. The van der Waals surface area contributed by atoms with Crippen molar-refractivity contribution in [1.82, 2.24) is 14.6 Å². The molecule has 0 atom stereocenters. The summed E-state index contributed by atoms with van der Waals surface area (Å²) in [5.41, 5.74) is 4.94. The van der Waals surface area contributed by atoms with E-state index in [1.165, 1.54) is 0 Å². The van der Waals surface area contributed by atoms with Gasteiger partial charge in [0.15, 0.2) is 5.65 Å². The lowest BCUT2D eigenvalue weighted by Crippen LogP contribution is -1.96. The van der Waals surface area contributed by atoms with Crippen LogP contribution in [0.25, 0.3) is 16.8 Å². The van der Waals surface area contributed by atoms with E-state index in [2.05, 4.69) is 21.5 Å². The average Bonchev–Trinajstić information content (AvgIpc) is 3.10. The summed E-state index contributed by atoms with van der Waals surface area (Å²) in [7, 11) is 0. The fourth-order valence-electron chi connectivity index (χ4n) is 3.02. The second-order valence-electron chi connectivity index (χ2n) is 6.51. The number of nitriles is 1. The highest BCUT2D eigenvalue weighted by Crippen LogP contribution is 2.22. The lowest BCUT2D eigenvalue weighted by molar-refractivity contribution is -0.116.